The van der Waals surface area contributed by atoms with Gasteiger partial charge in [0.05, 0.1) is 36.4 Å². The molecule has 1 aromatic carbocycles. The standard InChI is InChI=1S/C17H22N2O2/c1-13-18-16-9-5-6-10-17(16)19(13)11-14(20)12-21-15-7-3-2-4-8-15/h2-3,5-6,9-10,14-15,20H,4,7-8,11-12H2,1H3/t14-,15+/m0/s1. The molecule has 0 fully saturated rings. The van der Waals surface area contributed by atoms with Crippen molar-refractivity contribution in [3.8, 4) is 0 Å². The van der Waals surface area contributed by atoms with Crippen molar-refractivity contribution in [1.29, 1.82) is 0 Å². The molecule has 1 aliphatic carbocycles. The van der Waals surface area contributed by atoms with Crippen LogP contribution in [0.5, 0.6) is 0 Å². The summed E-state index contributed by atoms with van der Waals surface area (Å²) in [4.78, 5) is 4.52. The summed E-state index contributed by atoms with van der Waals surface area (Å²) in [5, 5.41) is 10.2. The molecular weight excluding hydrogens is 264 g/mol. The highest BCUT2D eigenvalue weighted by Crippen LogP contribution is 2.17. The number of aryl methyl sites for hydroxylation is 1. The van der Waals surface area contributed by atoms with Gasteiger partial charge in [0.1, 0.15) is 5.82 Å². The Morgan fingerprint density at radius 2 is 2.24 bits per heavy atom. The number of aliphatic hydroxyl groups is 1. The monoisotopic (exact) mass is 286 g/mol. The zero-order valence-corrected chi connectivity index (χ0v) is 12.4. The third-order valence-corrected chi connectivity index (χ3v) is 3.98. The van der Waals surface area contributed by atoms with Gasteiger partial charge in [-0.25, -0.2) is 4.98 Å². The minimum absolute atomic E-state index is 0.255. The van der Waals surface area contributed by atoms with Gasteiger partial charge in [-0.3, -0.25) is 0 Å². The van der Waals surface area contributed by atoms with E-state index >= 15 is 0 Å². The topological polar surface area (TPSA) is 47.3 Å². The Bertz CT molecular complexity index is 633. The fourth-order valence-electron chi connectivity index (χ4n) is 2.85. The lowest BCUT2D eigenvalue weighted by molar-refractivity contribution is -0.0175. The van der Waals surface area contributed by atoms with Gasteiger partial charge in [0.25, 0.3) is 0 Å². The summed E-state index contributed by atoms with van der Waals surface area (Å²) in [6.07, 6.45) is 7.19. The highest BCUT2D eigenvalue weighted by molar-refractivity contribution is 5.75. The van der Waals surface area contributed by atoms with E-state index in [1.54, 1.807) is 0 Å². The first-order valence-electron chi connectivity index (χ1n) is 7.60. The Morgan fingerprint density at radius 3 is 3.05 bits per heavy atom. The minimum Gasteiger partial charge on any atom is -0.389 e. The Labute approximate surface area is 125 Å². The number of aromatic nitrogens is 2. The van der Waals surface area contributed by atoms with Crippen LogP contribution in [-0.4, -0.2) is 33.5 Å². The molecule has 0 saturated carbocycles. The first-order chi connectivity index (χ1) is 10.2. The number of allylic oxidation sites excluding steroid dienone is 1. The maximum atomic E-state index is 10.2. The van der Waals surface area contributed by atoms with Crippen molar-refractivity contribution in [2.45, 2.75) is 44.9 Å². The fourth-order valence-corrected chi connectivity index (χ4v) is 2.85. The summed E-state index contributed by atoms with van der Waals surface area (Å²) in [5.74, 6) is 0.927. The van der Waals surface area contributed by atoms with Crippen LogP contribution >= 0.6 is 0 Å². The van der Waals surface area contributed by atoms with Gasteiger partial charge < -0.3 is 14.4 Å². The van der Waals surface area contributed by atoms with E-state index in [9.17, 15) is 5.11 Å². The quantitative estimate of drug-likeness (QED) is 0.860. The van der Waals surface area contributed by atoms with Crippen LogP contribution in [-0.2, 0) is 11.3 Å². The highest BCUT2D eigenvalue weighted by atomic mass is 16.5. The Kier molecular flexibility index (Phi) is 4.36. The zero-order valence-electron chi connectivity index (χ0n) is 12.4. The van der Waals surface area contributed by atoms with Gasteiger partial charge in [0, 0.05) is 0 Å². The Hall–Kier alpha value is -1.65. The molecule has 0 radical (unpaired) electrons. The van der Waals surface area contributed by atoms with Crippen molar-refractivity contribution in [3.63, 3.8) is 0 Å². The van der Waals surface area contributed by atoms with Crippen molar-refractivity contribution in [2.24, 2.45) is 0 Å². The van der Waals surface area contributed by atoms with Crippen LogP contribution in [0.15, 0.2) is 36.4 Å². The van der Waals surface area contributed by atoms with Crippen molar-refractivity contribution in [3.05, 3.63) is 42.2 Å². The largest absolute Gasteiger partial charge is 0.389 e. The number of aliphatic hydroxyl groups excluding tert-OH is 1. The van der Waals surface area contributed by atoms with Crippen LogP contribution < -0.4 is 0 Å². The van der Waals surface area contributed by atoms with Gasteiger partial charge >= 0.3 is 0 Å². The molecule has 0 amide bonds. The van der Waals surface area contributed by atoms with Crippen molar-refractivity contribution in [2.75, 3.05) is 6.61 Å². The van der Waals surface area contributed by atoms with E-state index in [1.165, 1.54) is 0 Å². The molecule has 4 nitrogen and oxygen atoms in total. The van der Waals surface area contributed by atoms with E-state index in [2.05, 4.69) is 21.7 Å². The molecule has 21 heavy (non-hydrogen) atoms. The average molecular weight is 286 g/mol. The van der Waals surface area contributed by atoms with Gasteiger partial charge in [-0.05, 0) is 38.3 Å². The van der Waals surface area contributed by atoms with E-state index < -0.39 is 6.10 Å². The smallest absolute Gasteiger partial charge is 0.106 e. The van der Waals surface area contributed by atoms with Gasteiger partial charge in [-0.1, -0.05) is 24.3 Å². The van der Waals surface area contributed by atoms with Crippen molar-refractivity contribution < 1.29 is 9.84 Å². The van der Waals surface area contributed by atoms with Gasteiger partial charge in [-0.15, -0.1) is 0 Å². The van der Waals surface area contributed by atoms with E-state index in [0.29, 0.717) is 13.2 Å². The van der Waals surface area contributed by atoms with Gasteiger partial charge in [0.15, 0.2) is 0 Å². The first kappa shape index (κ1) is 14.3. The third kappa shape index (κ3) is 3.34. The zero-order chi connectivity index (χ0) is 14.7. The Morgan fingerprint density at radius 1 is 1.38 bits per heavy atom. The number of ether oxygens (including phenoxy) is 1. The molecule has 1 heterocycles. The molecular formula is C17H22N2O2. The highest BCUT2D eigenvalue weighted by Gasteiger charge is 2.15. The van der Waals surface area contributed by atoms with Crippen LogP contribution in [0.1, 0.15) is 25.1 Å². The lowest BCUT2D eigenvalue weighted by atomic mass is 10.1. The second kappa shape index (κ2) is 6.41. The number of para-hydroxylation sites is 2. The van der Waals surface area contributed by atoms with E-state index in [4.69, 9.17) is 4.74 Å². The molecule has 4 heteroatoms. The summed E-state index contributed by atoms with van der Waals surface area (Å²) in [5.41, 5.74) is 2.04. The van der Waals surface area contributed by atoms with Crippen LogP contribution in [0.4, 0.5) is 0 Å². The molecule has 1 aliphatic rings. The van der Waals surface area contributed by atoms with Crippen molar-refractivity contribution in [1.82, 2.24) is 9.55 Å². The average Bonchev–Trinajstić information content (AvgIpc) is 2.82. The second-order valence-corrected chi connectivity index (χ2v) is 5.65. The molecule has 112 valence electrons. The fraction of sp³-hybridized carbons (Fsp3) is 0.471. The first-order valence-corrected chi connectivity index (χ1v) is 7.60. The number of rotatable bonds is 5. The number of nitrogens with zero attached hydrogens (tertiary/aromatic N) is 2. The van der Waals surface area contributed by atoms with E-state index in [1.807, 2.05) is 31.2 Å². The number of benzene rings is 1. The molecule has 0 spiro atoms. The third-order valence-electron chi connectivity index (χ3n) is 3.98. The molecule has 3 rings (SSSR count). The summed E-state index contributed by atoms with van der Waals surface area (Å²) in [6, 6.07) is 8.01. The lowest BCUT2D eigenvalue weighted by Gasteiger charge is -2.21. The van der Waals surface area contributed by atoms with Crippen LogP contribution in [0, 0.1) is 6.92 Å². The van der Waals surface area contributed by atoms with Crippen LogP contribution in [0.3, 0.4) is 0 Å². The number of hydrogen-bond donors (Lipinski definition) is 1. The molecule has 2 aromatic rings. The Balaban J connectivity index is 1.62. The molecule has 2 atom stereocenters. The summed E-state index contributed by atoms with van der Waals surface area (Å²) in [6.45, 7) is 2.87. The molecule has 0 saturated heterocycles. The number of fused-ring (bicyclic) bond motifs is 1. The second-order valence-electron chi connectivity index (χ2n) is 5.65. The molecule has 0 unspecified atom stereocenters. The summed E-state index contributed by atoms with van der Waals surface area (Å²) >= 11 is 0. The minimum atomic E-state index is -0.507. The predicted molar refractivity (Wildman–Crippen MR) is 83.2 cm³/mol. The predicted octanol–water partition coefficient (Wildman–Crippen LogP) is 2.83. The molecule has 0 aliphatic heterocycles. The number of hydrogen-bond acceptors (Lipinski definition) is 3. The van der Waals surface area contributed by atoms with Crippen molar-refractivity contribution >= 4 is 11.0 Å². The van der Waals surface area contributed by atoms with Crippen LogP contribution in [0.25, 0.3) is 11.0 Å². The maximum absolute atomic E-state index is 10.2. The van der Waals surface area contributed by atoms with E-state index in [-0.39, 0.29) is 6.10 Å². The molecule has 1 N–H and O–H groups in total. The number of imidazole rings is 1. The van der Waals surface area contributed by atoms with Gasteiger partial charge in [0.2, 0.25) is 0 Å². The maximum Gasteiger partial charge on any atom is 0.106 e. The SMILES string of the molecule is Cc1nc2ccccc2n1C[C@H](O)CO[C@@H]1CC=CCC1. The molecule has 0 bridgehead atoms. The van der Waals surface area contributed by atoms with Crippen LogP contribution in [0.2, 0.25) is 0 Å². The normalized spacial score (nSPS) is 20.0. The van der Waals surface area contributed by atoms with E-state index in [0.717, 1.165) is 36.1 Å². The summed E-state index contributed by atoms with van der Waals surface area (Å²) < 4.78 is 7.87. The molecule has 1 aromatic heterocycles. The van der Waals surface area contributed by atoms with Gasteiger partial charge in [-0.2, -0.15) is 0 Å². The summed E-state index contributed by atoms with van der Waals surface area (Å²) in [7, 11) is 0. The lowest BCUT2D eigenvalue weighted by Crippen LogP contribution is -2.26.